The Morgan fingerprint density at radius 3 is 1.88 bits per heavy atom. The van der Waals surface area contributed by atoms with Gasteiger partial charge in [-0.3, -0.25) is 0 Å². The Hall–Kier alpha value is -2.03. The monoisotopic (exact) mass is 497 g/mol. The molecular formula is C20H22IrN3-5. The largest absolute Gasteiger partial charge is 0.358 e. The Morgan fingerprint density at radius 1 is 0.708 bits per heavy atom. The smallest absolute Gasteiger partial charge is 0.113 e. The van der Waals surface area contributed by atoms with Crippen LogP contribution in [0.1, 0.15) is 0 Å². The van der Waals surface area contributed by atoms with Gasteiger partial charge in [0.15, 0.2) is 0 Å². The van der Waals surface area contributed by atoms with E-state index in [-0.39, 0.29) is 49.8 Å². The molecule has 0 aliphatic rings. The van der Waals surface area contributed by atoms with E-state index in [9.17, 15) is 0 Å². The molecule has 0 N–H and O–H groups in total. The Kier molecular flexibility index (Phi) is 10.1. The first kappa shape index (κ1) is 24.2. The maximum absolute atomic E-state index is 4.51. The van der Waals surface area contributed by atoms with Crippen LogP contribution in [0.2, 0.25) is 0 Å². The van der Waals surface area contributed by atoms with Crippen LogP contribution in [0.3, 0.4) is 0 Å². The van der Waals surface area contributed by atoms with Crippen LogP contribution in [0.4, 0.5) is 0 Å². The fourth-order valence-corrected chi connectivity index (χ4v) is 2.27. The zero-order valence-electron chi connectivity index (χ0n) is 14.4. The summed E-state index contributed by atoms with van der Waals surface area (Å²) in [4.78, 5) is 1.66. The molecule has 1 radical (unpaired) electrons. The van der Waals surface area contributed by atoms with Crippen molar-refractivity contribution in [2.45, 2.75) is 0 Å². The minimum atomic E-state index is 0. The second kappa shape index (κ2) is 9.96. The van der Waals surface area contributed by atoms with Crippen molar-refractivity contribution in [2.75, 3.05) is 0 Å². The normalized spacial score (nSPS) is 8.83. The average Bonchev–Trinajstić information content (AvgIpc) is 2.90. The summed E-state index contributed by atoms with van der Waals surface area (Å²) >= 11 is 0. The third kappa shape index (κ3) is 4.08. The van der Waals surface area contributed by atoms with Gasteiger partial charge in [0, 0.05) is 20.1 Å². The molecule has 1 heterocycles. The molecule has 0 fully saturated rings. The molecular weight excluding hydrogens is 474 g/mol. The minimum Gasteiger partial charge on any atom is -0.358 e. The SMILES string of the molecule is [CH3-].[CH3-].[CH3-].[CH3-].[Ir].[c-]1ccc2ccccc2c1-n1nc2ccccc2n1. The number of nitrogens with zero attached hydrogens (tertiary/aromatic N) is 3. The number of fused-ring (bicyclic) bond motifs is 2. The van der Waals surface area contributed by atoms with Gasteiger partial charge in [-0.05, 0) is 17.8 Å². The molecule has 0 spiro atoms. The van der Waals surface area contributed by atoms with Gasteiger partial charge in [0.2, 0.25) is 0 Å². The molecule has 3 nitrogen and oxygen atoms in total. The standard InChI is InChI=1S/C16H10N3.4CH3.Ir/c1-2-8-13-12(6-1)7-5-11-16(13)19-17-14-9-3-4-10-15(14)18-19;;;;;/h1-10H;4*1H3;/q5*-1;. The summed E-state index contributed by atoms with van der Waals surface area (Å²) in [5.41, 5.74) is 2.67. The predicted octanol–water partition coefficient (Wildman–Crippen LogP) is 5.17. The first-order chi connectivity index (χ1) is 9.42. The Bertz CT molecular complexity index is 846. The third-order valence-corrected chi connectivity index (χ3v) is 3.19. The maximum atomic E-state index is 4.51. The Morgan fingerprint density at radius 2 is 1.25 bits per heavy atom. The summed E-state index contributed by atoms with van der Waals surface area (Å²) < 4.78 is 0. The number of hydrogen-bond donors (Lipinski definition) is 0. The molecule has 0 atom stereocenters. The van der Waals surface area contributed by atoms with Crippen molar-refractivity contribution in [3.8, 4) is 5.69 Å². The van der Waals surface area contributed by atoms with Crippen molar-refractivity contribution in [3.05, 3.63) is 96.4 Å². The van der Waals surface area contributed by atoms with Gasteiger partial charge in [0.1, 0.15) is 11.0 Å². The van der Waals surface area contributed by atoms with Crippen LogP contribution in [0, 0.1) is 35.8 Å². The van der Waals surface area contributed by atoms with Crippen LogP contribution >= 0.6 is 0 Å². The summed E-state index contributed by atoms with van der Waals surface area (Å²) in [5, 5.41) is 11.3. The fraction of sp³-hybridized carbons (Fsp3) is 0. The van der Waals surface area contributed by atoms with E-state index in [4.69, 9.17) is 0 Å². The third-order valence-electron chi connectivity index (χ3n) is 3.19. The topological polar surface area (TPSA) is 30.7 Å². The molecule has 4 aromatic rings. The quantitative estimate of drug-likeness (QED) is 0.340. The summed E-state index contributed by atoms with van der Waals surface area (Å²) in [5.74, 6) is 0. The van der Waals surface area contributed by atoms with E-state index in [0.29, 0.717) is 0 Å². The van der Waals surface area contributed by atoms with Gasteiger partial charge in [-0.15, -0.1) is 16.8 Å². The van der Waals surface area contributed by atoms with Gasteiger partial charge in [0.05, 0.1) is 0 Å². The van der Waals surface area contributed by atoms with Crippen LogP contribution < -0.4 is 0 Å². The average molecular weight is 497 g/mol. The van der Waals surface area contributed by atoms with Crippen molar-refractivity contribution in [2.24, 2.45) is 0 Å². The summed E-state index contributed by atoms with van der Waals surface area (Å²) in [7, 11) is 0. The maximum Gasteiger partial charge on any atom is 0.113 e. The molecule has 0 saturated heterocycles. The van der Waals surface area contributed by atoms with Crippen LogP contribution in [-0.4, -0.2) is 15.0 Å². The van der Waals surface area contributed by atoms with Crippen molar-refractivity contribution >= 4 is 21.8 Å². The molecule has 0 bridgehead atoms. The van der Waals surface area contributed by atoms with E-state index < -0.39 is 0 Å². The van der Waals surface area contributed by atoms with E-state index in [1.54, 1.807) is 4.80 Å². The molecule has 24 heavy (non-hydrogen) atoms. The molecule has 0 saturated carbocycles. The van der Waals surface area contributed by atoms with Crippen molar-refractivity contribution in [3.63, 3.8) is 0 Å². The molecule has 4 rings (SSSR count). The fourth-order valence-electron chi connectivity index (χ4n) is 2.27. The molecule has 4 heteroatoms. The van der Waals surface area contributed by atoms with Crippen LogP contribution in [0.25, 0.3) is 27.5 Å². The van der Waals surface area contributed by atoms with E-state index in [0.717, 1.165) is 27.5 Å². The molecule has 0 unspecified atom stereocenters. The van der Waals surface area contributed by atoms with Gasteiger partial charge in [0.25, 0.3) is 0 Å². The van der Waals surface area contributed by atoms with E-state index in [1.165, 1.54) is 0 Å². The Labute approximate surface area is 159 Å². The summed E-state index contributed by atoms with van der Waals surface area (Å²) in [6, 6.07) is 23.2. The minimum absolute atomic E-state index is 0. The molecule has 0 aliphatic heterocycles. The van der Waals surface area contributed by atoms with Gasteiger partial charge < -0.3 is 29.7 Å². The molecule has 0 amide bonds. The number of rotatable bonds is 1. The van der Waals surface area contributed by atoms with Crippen molar-refractivity contribution in [1.82, 2.24) is 15.0 Å². The second-order valence-corrected chi connectivity index (χ2v) is 4.39. The number of hydrogen-bond acceptors (Lipinski definition) is 2. The van der Waals surface area contributed by atoms with E-state index in [2.05, 4.69) is 28.4 Å². The second-order valence-electron chi connectivity index (χ2n) is 4.39. The van der Waals surface area contributed by atoms with Crippen LogP contribution in [0.15, 0.2) is 60.7 Å². The van der Waals surface area contributed by atoms with Crippen molar-refractivity contribution in [1.29, 1.82) is 0 Å². The molecule has 131 valence electrons. The van der Waals surface area contributed by atoms with Gasteiger partial charge in [-0.1, -0.05) is 30.3 Å². The van der Waals surface area contributed by atoms with Crippen molar-refractivity contribution < 1.29 is 20.1 Å². The van der Waals surface area contributed by atoms with Crippen LogP contribution in [0.5, 0.6) is 0 Å². The zero-order chi connectivity index (χ0) is 12.7. The van der Waals surface area contributed by atoms with Gasteiger partial charge >= 0.3 is 0 Å². The molecule has 1 aromatic heterocycles. The predicted molar refractivity (Wildman–Crippen MR) is 101 cm³/mol. The Balaban J connectivity index is 0. The first-order valence-electron chi connectivity index (χ1n) is 6.14. The summed E-state index contributed by atoms with van der Waals surface area (Å²) in [6.07, 6.45) is 0. The van der Waals surface area contributed by atoms with Gasteiger partial charge in [-0.25, -0.2) is 0 Å². The molecule has 3 aromatic carbocycles. The van der Waals surface area contributed by atoms with Gasteiger partial charge in [-0.2, -0.15) is 33.2 Å². The van der Waals surface area contributed by atoms with Crippen LogP contribution in [-0.2, 0) is 20.1 Å². The number of benzene rings is 3. The number of aromatic nitrogens is 3. The zero-order valence-corrected chi connectivity index (χ0v) is 16.8. The molecule has 0 aliphatic carbocycles. The van der Waals surface area contributed by atoms with E-state index in [1.807, 2.05) is 48.5 Å². The first-order valence-corrected chi connectivity index (χ1v) is 6.14. The summed E-state index contributed by atoms with van der Waals surface area (Å²) in [6.45, 7) is 0. The van der Waals surface area contributed by atoms with E-state index >= 15 is 0 Å².